The van der Waals surface area contributed by atoms with Gasteiger partial charge in [0.15, 0.2) is 35.0 Å². The minimum Gasteiger partial charge on any atom is -0.390 e. The Morgan fingerprint density at radius 2 is 1.67 bits per heavy atom. The molecule has 0 spiro atoms. The van der Waals surface area contributed by atoms with E-state index in [1.807, 2.05) is 0 Å². The smallest absolute Gasteiger partial charge is 0.328 e. The lowest BCUT2D eigenvalue weighted by Crippen LogP contribution is -2.34. The number of aromatic nitrogens is 8. The van der Waals surface area contributed by atoms with E-state index in [0.717, 1.165) is 6.66 Å². The number of hydrogen-bond donors (Lipinski definition) is 4. The molecule has 3 fully saturated rings. The second kappa shape index (κ2) is 10.9. The molecule has 45 heavy (non-hydrogen) atoms. The topological polar surface area (TPSA) is 260 Å². The minimum atomic E-state index is -4.04. The van der Waals surface area contributed by atoms with E-state index >= 15 is 4.39 Å². The number of nitrogens with two attached hydrogens (primary N) is 2. The van der Waals surface area contributed by atoms with Crippen LogP contribution in [0.25, 0.3) is 22.3 Å². The Balaban J connectivity index is 1.21. The highest BCUT2D eigenvalue weighted by molar-refractivity contribution is 7.58. The molecule has 22 heteroatoms. The lowest BCUT2D eigenvalue weighted by Gasteiger charge is -2.27. The SMILES string of the molecule is CP1(=O)C[C@@H]2[C@H](O)[C@@H](COP(C)(=O)O[C@H]3[C@@H](F)[C@H](n4cnc5c(N)ncnc54)O[C@@H]3CO1)O[C@H]2n1cnc2c(=O)[nH]c(N)nc21. The number of imidazole rings is 2. The highest BCUT2D eigenvalue weighted by atomic mass is 31.2. The molecule has 0 radical (unpaired) electrons. The van der Waals surface area contributed by atoms with Gasteiger partial charge in [-0.05, 0) is 0 Å². The van der Waals surface area contributed by atoms with Gasteiger partial charge >= 0.3 is 7.60 Å². The summed E-state index contributed by atoms with van der Waals surface area (Å²) in [5, 5.41) is 11.3. The van der Waals surface area contributed by atoms with E-state index in [4.69, 9.17) is 34.5 Å². The summed E-state index contributed by atoms with van der Waals surface area (Å²) in [6.07, 6.45) is -5.88. The number of nitrogens with one attached hydrogen (secondary N) is 1. The van der Waals surface area contributed by atoms with Crippen molar-refractivity contribution in [1.82, 2.24) is 39.0 Å². The fourth-order valence-corrected chi connectivity index (χ4v) is 8.81. The molecule has 242 valence electrons. The fraction of sp³-hybridized carbons (Fsp3) is 0.565. The van der Waals surface area contributed by atoms with Crippen LogP contribution in [0, 0.1) is 5.92 Å². The Morgan fingerprint density at radius 1 is 0.978 bits per heavy atom. The van der Waals surface area contributed by atoms with Crippen molar-refractivity contribution < 1.29 is 41.7 Å². The summed E-state index contributed by atoms with van der Waals surface area (Å²) in [4.78, 5) is 35.1. The lowest BCUT2D eigenvalue weighted by molar-refractivity contribution is -0.0494. The van der Waals surface area contributed by atoms with E-state index in [0.29, 0.717) is 0 Å². The summed E-state index contributed by atoms with van der Waals surface area (Å²) in [6, 6.07) is 0. The van der Waals surface area contributed by atoms with Gasteiger partial charge in [-0.2, -0.15) is 4.98 Å². The van der Waals surface area contributed by atoms with Gasteiger partial charge in [0.05, 0.1) is 32.0 Å². The summed E-state index contributed by atoms with van der Waals surface area (Å²) >= 11 is 0. The molecule has 4 aromatic rings. The molecule has 6 N–H and O–H groups in total. The molecular formula is C23H29FN10O9P2. The predicted octanol–water partition coefficient (Wildman–Crippen LogP) is 0.397. The first-order valence-electron chi connectivity index (χ1n) is 13.7. The van der Waals surface area contributed by atoms with Crippen LogP contribution in [0.3, 0.4) is 0 Å². The monoisotopic (exact) mass is 670 g/mol. The quantitative estimate of drug-likeness (QED) is 0.210. The van der Waals surface area contributed by atoms with Crippen molar-refractivity contribution in [3.05, 3.63) is 29.3 Å². The maximum atomic E-state index is 16.1. The van der Waals surface area contributed by atoms with Crippen molar-refractivity contribution in [3.63, 3.8) is 0 Å². The molecule has 19 nitrogen and oxygen atoms in total. The molecule has 4 aromatic heterocycles. The van der Waals surface area contributed by atoms with Crippen molar-refractivity contribution >= 4 is 49.1 Å². The van der Waals surface area contributed by atoms with Crippen LogP contribution < -0.4 is 17.0 Å². The first-order valence-corrected chi connectivity index (χ1v) is 18.0. The lowest BCUT2D eigenvalue weighted by atomic mass is 10.0. The number of aliphatic hydroxyl groups is 1. The van der Waals surface area contributed by atoms with Crippen LogP contribution in [0.5, 0.6) is 0 Å². The van der Waals surface area contributed by atoms with Crippen molar-refractivity contribution in [1.29, 1.82) is 0 Å². The first kappa shape index (κ1) is 30.3. The molecular weight excluding hydrogens is 641 g/mol. The number of aliphatic hydroxyl groups excluding tert-OH is 1. The summed E-state index contributed by atoms with van der Waals surface area (Å²) in [5.74, 6) is -0.994. The van der Waals surface area contributed by atoms with Gasteiger partial charge < -0.3 is 35.1 Å². The molecule has 3 saturated heterocycles. The highest BCUT2D eigenvalue weighted by Crippen LogP contribution is 2.54. The Morgan fingerprint density at radius 3 is 2.44 bits per heavy atom. The van der Waals surface area contributed by atoms with E-state index in [1.165, 1.54) is 34.8 Å². The van der Waals surface area contributed by atoms with E-state index in [2.05, 4.69) is 29.9 Å². The average Bonchev–Trinajstić information content (AvgIpc) is 3.72. The number of nitrogen functional groups attached to an aromatic ring is 2. The van der Waals surface area contributed by atoms with Crippen LogP contribution in [0.1, 0.15) is 12.5 Å². The third-order valence-electron chi connectivity index (χ3n) is 7.99. The third-order valence-corrected chi connectivity index (χ3v) is 11.0. The van der Waals surface area contributed by atoms with E-state index in [1.54, 1.807) is 0 Å². The molecule has 0 amide bonds. The zero-order valence-corrected chi connectivity index (χ0v) is 25.5. The van der Waals surface area contributed by atoms with Crippen LogP contribution >= 0.6 is 15.0 Å². The van der Waals surface area contributed by atoms with Crippen molar-refractivity contribution in [2.24, 2.45) is 5.92 Å². The Labute approximate surface area is 252 Å². The number of anilines is 2. The molecule has 3 aliphatic heterocycles. The summed E-state index contributed by atoms with van der Waals surface area (Å²) < 4.78 is 75.4. The van der Waals surface area contributed by atoms with Crippen LogP contribution in [-0.4, -0.2) is 107 Å². The molecule has 2 unspecified atom stereocenters. The van der Waals surface area contributed by atoms with Gasteiger partial charge in [0.1, 0.15) is 36.4 Å². The number of ether oxygens (including phenoxy) is 2. The number of aromatic amines is 1. The number of fused-ring (bicyclic) bond motifs is 5. The zero-order chi connectivity index (χ0) is 31.8. The van der Waals surface area contributed by atoms with E-state index in [9.17, 15) is 19.0 Å². The number of H-pyrrole nitrogens is 1. The largest absolute Gasteiger partial charge is 0.390 e. The highest BCUT2D eigenvalue weighted by Gasteiger charge is 2.53. The Kier molecular flexibility index (Phi) is 7.33. The van der Waals surface area contributed by atoms with E-state index in [-0.39, 0.29) is 40.3 Å². The number of nitrogens with zero attached hydrogens (tertiary/aromatic N) is 7. The third kappa shape index (κ3) is 5.34. The van der Waals surface area contributed by atoms with Crippen LogP contribution in [0.2, 0.25) is 0 Å². The number of alkyl halides is 1. The van der Waals surface area contributed by atoms with E-state index < -0.39 is 82.7 Å². The minimum absolute atomic E-state index is 0.0305. The molecule has 2 bridgehead atoms. The zero-order valence-electron chi connectivity index (χ0n) is 23.7. The summed E-state index contributed by atoms with van der Waals surface area (Å²) in [6.45, 7) is 1.63. The maximum absolute atomic E-state index is 16.1. The molecule has 7 heterocycles. The molecule has 10 atom stereocenters. The van der Waals surface area contributed by atoms with Crippen molar-refractivity contribution in [2.45, 2.75) is 43.0 Å². The molecule has 0 aromatic carbocycles. The first-order chi connectivity index (χ1) is 21.3. The summed E-state index contributed by atoms with van der Waals surface area (Å²) in [7, 11) is -7.63. The Hall–Kier alpha value is -3.35. The van der Waals surface area contributed by atoms with Crippen LogP contribution in [-0.2, 0) is 32.2 Å². The van der Waals surface area contributed by atoms with Crippen molar-refractivity contribution in [2.75, 3.05) is 44.2 Å². The molecule has 0 aliphatic carbocycles. The Bertz CT molecular complexity index is 1940. The van der Waals surface area contributed by atoms with Gasteiger partial charge in [0.2, 0.25) is 13.3 Å². The van der Waals surface area contributed by atoms with Gasteiger partial charge in [-0.3, -0.25) is 32.6 Å². The van der Waals surface area contributed by atoms with Crippen LogP contribution in [0.15, 0.2) is 23.8 Å². The average molecular weight is 670 g/mol. The van der Waals surface area contributed by atoms with Gasteiger partial charge in [-0.15, -0.1) is 0 Å². The second-order valence-corrected chi connectivity index (χ2v) is 15.9. The fourth-order valence-electron chi connectivity index (χ4n) is 5.90. The predicted molar refractivity (Wildman–Crippen MR) is 153 cm³/mol. The van der Waals surface area contributed by atoms with Crippen LogP contribution in [0.4, 0.5) is 16.2 Å². The molecule has 7 rings (SSSR count). The second-order valence-electron chi connectivity index (χ2n) is 11.2. The molecule has 3 aliphatic rings. The van der Waals surface area contributed by atoms with Gasteiger partial charge in [-0.25, -0.2) is 24.3 Å². The normalized spacial score (nSPS) is 37.7. The molecule has 0 saturated carbocycles. The maximum Gasteiger partial charge on any atom is 0.328 e. The van der Waals surface area contributed by atoms with Gasteiger partial charge in [0.25, 0.3) is 5.56 Å². The number of hydrogen-bond acceptors (Lipinski definition) is 16. The summed E-state index contributed by atoms with van der Waals surface area (Å²) in [5.41, 5.74) is 11.5. The van der Waals surface area contributed by atoms with Crippen molar-refractivity contribution in [3.8, 4) is 0 Å². The standard InChI is InChI=1S/C23H29FN10O9P2/c1-44(37)5-9-15(35)10(41-21(9)34-8-30-14-19(34)31-23(26)32-20(14)36)3-40-45(2,38)43-16-11(4-39-44)42-22(12(16)24)33-7-29-13-17(25)27-6-28-18(13)33/h6-12,15-16,21-22,35H,3-5H2,1-2H3,(H2,25,27,28)(H3,26,31,32,36)/t9-,10-,11-,12-,15+,16-,21-,22-,44?,45?/m1/s1. The number of rotatable bonds is 2. The van der Waals surface area contributed by atoms with Gasteiger partial charge in [0, 0.05) is 25.4 Å². The number of halogens is 1. The van der Waals surface area contributed by atoms with Gasteiger partial charge in [-0.1, -0.05) is 0 Å².